The minimum absolute atomic E-state index is 0.0623. The molecule has 0 amide bonds. The minimum Gasteiger partial charge on any atom is -0.345 e. The number of hydrogen-bond acceptors (Lipinski definition) is 4. The van der Waals surface area contributed by atoms with Gasteiger partial charge in [0.25, 0.3) is 0 Å². The van der Waals surface area contributed by atoms with E-state index in [1.54, 1.807) is 0 Å². The van der Waals surface area contributed by atoms with Gasteiger partial charge in [0.1, 0.15) is 0 Å². The van der Waals surface area contributed by atoms with Crippen molar-refractivity contribution < 1.29 is 14.3 Å². The van der Waals surface area contributed by atoms with Crippen LogP contribution >= 0.6 is 11.3 Å². The summed E-state index contributed by atoms with van der Waals surface area (Å²) in [5, 5.41) is 0. The van der Waals surface area contributed by atoms with Gasteiger partial charge in [-0.15, -0.1) is 11.3 Å². The summed E-state index contributed by atoms with van der Waals surface area (Å²) in [7, 11) is 0. The molecular weight excluding hydrogens is 284 g/mol. The fraction of sp³-hybridized carbons (Fsp3) is 0.353. The van der Waals surface area contributed by atoms with Gasteiger partial charge in [0.15, 0.2) is 6.29 Å². The molecule has 1 aliphatic heterocycles. The lowest BCUT2D eigenvalue weighted by Gasteiger charge is -2.05. The number of carbonyl (C=O) groups is 1. The van der Waals surface area contributed by atoms with Crippen LogP contribution in [0.3, 0.4) is 0 Å². The van der Waals surface area contributed by atoms with Crippen LogP contribution in [0.5, 0.6) is 0 Å². The van der Waals surface area contributed by atoms with E-state index in [4.69, 9.17) is 9.47 Å². The molecule has 2 heterocycles. The normalized spacial score (nSPS) is 15.5. The van der Waals surface area contributed by atoms with E-state index in [1.165, 1.54) is 16.9 Å². The number of aryl methyl sites for hydroxylation is 1. The van der Waals surface area contributed by atoms with Crippen LogP contribution < -0.4 is 0 Å². The highest BCUT2D eigenvalue weighted by Gasteiger charge is 2.21. The molecule has 0 spiro atoms. The number of carbonyl (C=O) groups excluding carboxylic acids is 1. The molecule has 1 saturated heterocycles. The van der Waals surface area contributed by atoms with Crippen molar-refractivity contribution in [2.45, 2.75) is 26.1 Å². The van der Waals surface area contributed by atoms with Crippen LogP contribution in [-0.2, 0) is 15.9 Å². The Hall–Kier alpha value is -1.49. The Balaban J connectivity index is 1.75. The summed E-state index contributed by atoms with van der Waals surface area (Å²) in [6.45, 7) is 3.38. The number of benzene rings is 1. The van der Waals surface area contributed by atoms with Gasteiger partial charge in [-0.1, -0.05) is 37.6 Å². The first-order valence-electron chi connectivity index (χ1n) is 7.24. The van der Waals surface area contributed by atoms with Crippen molar-refractivity contribution in [1.29, 1.82) is 0 Å². The maximum absolute atomic E-state index is 12.5. The summed E-state index contributed by atoms with van der Waals surface area (Å²) in [5.41, 5.74) is 2.00. The van der Waals surface area contributed by atoms with Crippen LogP contribution in [0.2, 0.25) is 0 Å². The maximum Gasteiger partial charge on any atom is 0.202 e. The van der Waals surface area contributed by atoms with Crippen molar-refractivity contribution in [3.8, 4) is 0 Å². The van der Waals surface area contributed by atoms with Crippen LogP contribution in [0.15, 0.2) is 36.4 Å². The number of hydrogen-bond donors (Lipinski definition) is 0. The largest absolute Gasteiger partial charge is 0.345 e. The number of rotatable bonds is 5. The molecule has 21 heavy (non-hydrogen) atoms. The second-order valence-corrected chi connectivity index (χ2v) is 6.17. The summed E-state index contributed by atoms with van der Waals surface area (Å²) in [4.78, 5) is 14.2. The Morgan fingerprint density at radius 3 is 2.52 bits per heavy atom. The lowest BCUT2D eigenvalue weighted by Crippen LogP contribution is -1.99. The lowest BCUT2D eigenvalue weighted by atomic mass is 10.0. The SMILES string of the molecule is CCCc1ccc(C(=O)c2ccc(C3OCCO3)s2)cc1. The molecule has 110 valence electrons. The van der Waals surface area contributed by atoms with E-state index in [0.717, 1.165) is 28.2 Å². The van der Waals surface area contributed by atoms with E-state index in [1.807, 2.05) is 36.4 Å². The summed E-state index contributed by atoms with van der Waals surface area (Å²) in [6, 6.07) is 11.7. The summed E-state index contributed by atoms with van der Waals surface area (Å²) < 4.78 is 10.9. The van der Waals surface area contributed by atoms with Gasteiger partial charge in [0, 0.05) is 5.56 Å². The Bertz CT molecular complexity index is 609. The average molecular weight is 302 g/mol. The van der Waals surface area contributed by atoms with Gasteiger partial charge in [0.05, 0.1) is 23.0 Å². The van der Waals surface area contributed by atoms with Gasteiger partial charge in [-0.05, 0) is 24.1 Å². The molecule has 0 atom stereocenters. The third-order valence-electron chi connectivity index (χ3n) is 3.46. The predicted octanol–water partition coefficient (Wildman–Crippen LogP) is 3.98. The summed E-state index contributed by atoms with van der Waals surface area (Å²) >= 11 is 1.45. The van der Waals surface area contributed by atoms with Gasteiger partial charge < -0.3 is 9.47 Å². The van der Waals surface area contributed by atoms with Crippen molar-refractivity contribution in [3.63, 3.8) is 0 Å². The molecule has 1 aliphatic rings. The van der Waals surface area contributed by atoms with E-state index >= 15 is 0 Å². The lowest BCUT2D eigenvalue weighted by molar-refractivity contribution is -0.0413. The van der Waals surface area contributed by atoms with Gasteiger partial charge in [0.2, 0.25) is 5.78 Å². The van der Waals surface area contributed by atoms with E-state index in [0.29, 0.717) is 13.2 Å². The maximum atomic E-state index is 12.5. The van der Waals surface area contributed by atoms with Crippen molar-refractivity contribution in [2.75, 3.05) is 13.2 Å². The van der Waals surface area contributed by atoms with Gasteiger partial charge in [-0.2, -0.15) is 0 Å². The fourth-order valence-electron chi connectivity index (χ4n) is 2.38. The third-order valence-corrected chi connectivity index (χ3v) is 4.57. The zero-order chi connectivity index (χ0) is 14.7. The third kappa shape index (κ3) is 3.23. The molecule has 1 fully saturated rings. The highest BCUT2D eigenvalue weighted by molar-refractivity contribution is 7.14. The van der Waals surface area contributed by atoms with Crippen molar-refractivity contribution in [2.24, 2.45) is 0 Å². The van der Waals surface area contributed by atoms with E-state index in [2.05, 4.69) is 6.92 Å². The molecule has 3 rings (SSSR count). The Morgan fingerprint density at radius 2 is 1.86 bits per heavy atom. The molecule has 1 aromatic carbocycles. The van der Waals surface area contributed by atoms with Crippen LogP contribution in [-0.4, -0.2) is 19.0 Å². The monoisotopic (exact) mass is 302 g/mol. The van der Waals surface area contributed by atoms with Crippen LogP contribution in [0.1, 0.15) is 45.3 Å². The molecule has 0 aliphatic carbocycles. The minimum atomic E-state index is -0.302. The highest BCUT2D eigenvalue weighted by atomic mass is 32.1. The first-order valence-corrected chi connectivity index (χ1v) is 8.06. The molecule has 0 radical (unpaired) electrons. The molecule has 0 saturated carbocycles. The van der Waals surface area contributed by atoms with Gasteiger partial charge in [-0.3, -0.25) is 4.79 Å². The average Bonchev–Trinajstić information content (AvgIpc) is 3.19. The van der Waals surface area contributed by atoms with E-state index in [-0.39, 0.29) is 12.1 Å². The molecule has 0 bridgehead atoms. The van der Waals surface area contributed by atoms with Crippen molar-refractivity contribution >= 4 is 17.1 Å². The molecule has 4 heteroatoms. The topological polar surface area (TPSA) is 35.5 Å². The fourth-order valence-corrected chi connectivity index (χ4v) is 3.35. The summed E-state index contributed by atoms with van der Waals surface area (Å²) in [5.74, 6) is 0.0623. The molecule has 0 unspecified atom stereocenters. The molecule has 3 nitrogen and oxygen atoms in total. The Morgan fingerprint density at radius 1 is 1.14 bits per heavy atom. The van der Waals surface area contributed by atoms with Crippen LogP contribution in [0.4, 0.5) is 0 Å². The first-order chi connectivity index (χ1) is 10.3. The summed E-state index contributed by atoms with van der Waals surface area (Å²) in [6.07, 6.45) is 1.86. The van der Waals surface area contributed by atoms with Gasteiger partial charge >= 0.3 is 0 Å². The van der Waals surface area contributed by atoms with Crippen LogP contribution in [0.25, 0.3) is 0 Å². The number of ether oxygens (including phenoxy) is 2. The molecule has 0 N–H and O–H groups in total. The second-order valence-electron chi connectivity index (χ2n) is 5.05. The quantitative estimate of drug-likeness (QED) is 0.784. The predicted molar refractivity (Wildman–Crippen MR) is 82.8 cm³/mol. The van der Waals surface area contributed by atoms with Gasteiger partial charge in [-0.25, -0.2) is 0 Å². The van der Waals surface area contributed by atoms with E-state index in [9.17, 15) is 4.79 Å². The first kappa shape index (κ1) is 14.4. The molecule has 2 aromatic rings. The molecular formula is C17H18O3S. The standard InChI is InChI=1S/C17H18O3S/c1-2-3-12-4-6-13(7-5-12)16(18)14-8-9-15(21-14)17-19-10-11-20-17/h4-9,17H,2-3,10-11H2,1H3. The molecule has 1 aromatic heterocycles. The Kier molecular flexibility index (Phi) is 4.48. The van der Waals surface area contributed by atoms with Crippen molar-refractivity contribution in [1.82, 2.24) is 0 Å². The number of ketones is 1. The number of thiophene rings is 1. The zero-order valence-electron chi connectivity index (χ0n) is 12.0. The highest BCUT2D eigenvalue weighted by Crippen LogP contribution is 2.30. The van der Waals surface area contributed by atoms with Crippen LogP contribution in [0, 0.1) is 0 Å². The van der Waals surface area contributed by atoms with E-state index < -0.39 is 0 Å². The second kappa shape index (κ2) is 6.52. The smallest absolute Gasteiger partial charge is 0.202 e. The Labute approximate surface area is 128 Å². The zero-order valence-corrected chi connectivity index (χ0v) is 12.8. The van der Waals surface area contributed by atoms with Crippen molar-refractivity contribution in [3.05, 3.63) is 57.3 Å².